The topological polar surface area (TPSA) is 383 Å². The average Bonchev–Trinajstić information content (AvgIpc) is 0.856. The number of primary amides is 1. The fourth-order valence-electron chi connectivity index (χ4n) is 10.8. The first-order valence-corrected chi connectivity index (χ1v) is 36.3. The minimum atomic E-state index is -0.680. The third-order valence-electron chi connectivity index (χ3n) is 18.9. The Bertz CT molecular complexity index is 2460. The van der Waals surface area contributed by atoms with Gasteiger partial charge in [-0.15, -0.1) is 0 Å². The minimum absolute atomic E-state index is 0.0148. The lowest BCUT2D eigenvalue weighted by atomic mass is 10.1. The molecule has 29 nitrogen and oxygen atoms in total. The molecule has 0 aromatic heterocycles. The van der Waals surface area contributed by atoms with Gasteiger partial charge in [-0.25, -0.2) is 0 Å². The molecule has 0 rings (SSSR count). The van der Waals surface area contributed by atoms with Crippen LogP contribution >= 0.6 is 0 Å². The van der Waals surface area contributed by atoms with Crippen LogP contribution in [-0.4, -0.2) is 310 Å². The van der Waals surface area contributed by atoms with E-state index in [4.69, 9.17) is 28.7 Å². The van der Waals surface area contributed by atoms with Gasteiger partial charge in [0.2, 0.25) is 65.0 Å². The molecule has 0 radical (unpaired) electrons. The summed E-state index contributed by atoms with van der Waals surface area (Å²) in [6.07, 6.45) is 5.62. The molecule has 8 unspecified atom stereocenters. The van der Waals surface area contributed by atoms with Crippen molar-refractivity contribution in [2.75, 3.05) is 137 Å². The van der Waals surface area contributed by atoms with Gasteiger partial charge in [-0.1, -0.05) is 55.4 Å². The van der Waals surface area contributed by atoms with Crippen molar-refractivity contribution in [2.45, 2.75) is 236 Å². The number of rotatable bonds is 54. The highest BCUT2D eigenvalue weighted by molar-refractivity contribution is 5.95. The number of amides is 11. The Morgan fingerprint density at radius 1 is 0.286 bits per heavy atom. The molecule has 0 fully saturated rings. The van der Waals surface area contributed by atoms with Crippen LogP contribution in [0.2, 0.25) is 0 Å². The number of nitrogens with zero attached hydrogens (tertiary/aromatic N) is 11. The third-order valence-corrected chi connectivity index (χ3v) is 18.9. The molecule has 11 amide bonds. The maximum absolute atomic E-state index is 14.8. The lowest BCUT2D eigenvalue weighted by Crippen LogP contribution is -2.56. The number of nitrogens with one attached hydrogen (secondary N) is 1. The Balaban J connectivity index is 6.96. The van der Waals surface area contributed by atoms with E-state index in [-0.39, 0.29) is 121 Å². The van der Waals surface area contributed by atoms with E-state index in [0.29, 0.717) is 90.1 Å². The van der Waals surface area contributed by atoms with Crippen LogP contribution < -0.4 is 34.0 Å². The van der Waals surface area contributed by atoms with Gasteiger partial charge in [0.25, 0.3) is 0 Å². The predicted molar refractivity (Wildman–Crippen MR) is 383 cm³/mol. The molecule has 0 spiro atoms. The smallest absolute Gasteiger partial charge is 0.242 e. The van der Waals surface area contributed by atoms with Gasteiger partial charge in [0.05, 0.1) is 45.8 Å². The number of carbonyl (C=O) groups excluding carboxylic acids is 12. The molecule has 98 heavy (non-hydrogen) atoms. The Morgan fingerprint density at radius 2 is 0.531 bits per heavy atom. The van der Waals surface area contributed by atoms with Crippen molar-refractivity contribution in [3.63, 3.8) is 0 Å². The summed E-state index contributed by atoms with van der Waals surface area (Å²) in [6.45, 7) is 27.0. The molecule has 0 saturated carbocycles. The molecule has 0 aliphatic carbocycles. The molecule has 0 bridgehead atoms. The molecule has 0 aliphatic heterocycles. The van der Waals surface area contributed by atoms with Crippen LogP contribution in [-0.2, 0) is 57.5 Å². The van der Waals surface area contributed by atoms with Crippen LogP contribution in [0.25, 0.3) is 0 Å². The Morgan fingerprint density at radius 3 is 0.816 bits per heavy atom. The molecule has 0 aromatic carbocycles. The Kier molecular flexibility index (Phi) is 46.7. The quantitative estimate of drug-likeness (QED) is 0.0463. The monoisotopic (exact) mass is 1390 g/mol. The van der Waals surface area contributed by atoms with Gasteiger partial charge in [-0.3, -0.25) is 62.4 Å². The van der Waals surface area contributed by atoms with Crippen molar-refractivity contribution < 1.29 is 57.5 Å². The van der Waals surface area contributed by atoms with E-state index in [1.165, 1.54) is 49.0 Å². The van der Waals surface area contributed by atoms with E-state index in [1.807, 2.05) is 76.2 Å². The lowest BCUT2D eigenvalue weighted by Gasteiger charge is -2.37. The predicted octanol–water partition coefficient (Wildman–Crippen LogP) is 1.00. The fourth-order valence-corrected chi connectivity index (χ4v) is 10.8. The van der Waals surface area contributed by atoms with Crippen molar-refractivity contribution in [1.82, 2.24) is 59.2 Å². The summed E-state index contributed by atoms with van der Waals surface area (Å²) in [6, 6.07) is -3.37. The zero-order chi connectivity index (χ0) is 74.9. The highest BCUT2D eigenvalue weighted by Gasteiger charge is 2.36. The van der Waals surface area contributed by atoms with E-state index >= 15 is 0 Å². The molecule has 29 heteroatoms. The molecule has 0 saturated heterocycles. The molecule has 11 N–H and O–H groups in total. The summed E-state index contributed by atoms with van der Waals surface area (Å²) < 4.78 is 0. The summed E-state index contributed by atoms with van der Waals surface area (Å²) in [5, 5.41) is 3.09. The third kappa shape index (κ3) is 32.3. The van der Waals surface area contributed by atoms with Gasteiger partial charge < -0.3 is 83.0 Å². The minimum Gasteiger partial charge on any atom is -0.368 e. The van der Waals surface area contributed by atoms with Gasteiger partial charge in [0, 0.05) is 68.0 Å². The first-order chi connectivity index (χ1) is 46.3. The lowest BCUT2D eigenvalue weighted by molar-refractivity contribution is -0.151. The van der Waals surface area contributed by atoms with Crippen LogP contribution in [0, 0.1) is 0 Å². The van der Waals surface area contributed by atoms with Gasteiger partial charge in [0.15, 0.2) is 5.78 Å². The van der Waals surface area contributed by atoms with Crippen LogP contribution in [0.1, 0.15) is 188 Å². The van der Waals surface area contributed by atoms with Crippen LogP contribution in [0.15, 0.2) is 0 Å². The van der Waals surface area contributed by atoms with Crippen molar-refractivity contribution >= 4 is 70.8 Å². The van der Waals surface area contributed by atoms with Crippen LogP contribution in [0.3, 0.4) is 0 Å². The van der Waals surface area contributed by atoms with Gasteiger partial charge in [-0.2, -0.15) is 0 Å². The molecular formula is C69H133N17O12. The summed E-state index contributed by atoms with van der Waals surface area (Å²) in [5.74, 6) is -5.88. The standard InChI is InChI=1S/C69H133N17O12/c1-17-50(9)79(39-58(87)38-76(34-26-30-71)41-63(92)84(55(14)22-6)48-67(96)80(40-59(74)88)51(10)18-2)66(95)47-85(56(15)23-7)64(93)42-77(35-27-31-72)62(91)45-83(54(13)21-5)69(98)49-86(57(16)24-8)65(94)43-78(36-28-32-73)61(90)44-82(53(12)20-4)68(97)46-81(52(11)19-3)60(89)37-75-33-25-29-70/h50-57,75H,17-49,70-73H2,1-16H3,(H2,74,88). The zero-order valence-corrected chi connectivity index (χ0v) is 63.2. The first kappa shape index (κ1) is 91.6. The summed E-state index contributed by atoms with van der Waals surface area (Å²) in [4.78, 5) is 185. The van der Waals surface area contributed by atoms with E-state index in [9.17, 15) is 57.5 Å². The van der Waals surface area contributed by atoms with E-state index in [0.717, 1.165) is 0 Å². The number of hydrogen-bond donors (Lipinski definition) is 6. The average molecular weight is 1390 g/mol. The van der Waals surface area contributed by atoms with Gasteiger partial charge >= 0.3 is 0 Å². The summed E-state index contributed by atoms with van der Waals surface area (Å²) in [5.41, 5.74) is 29.0. The van der Waals surface area contributed by atoms with E-state index < -0.39 is 122 Å². The van der Waals surface area contributed by atoms with Crippen LogP contribution in [0.5, 0.6) is 0 Å². The van der Waals surface area contributed by atoms with E-state index in [2.05, 4.69) is 5.32 Å². The van der Waals surface area contributed by atoms with Crippen molar-refractivity contribution in [3.8, 4) is 0 Å². The van der Waals surface area contributed by atoms with Crippen LogP contribution in [0.4, 0.5) is 0 Å². The maximum atomic E-state index is 14.8. The SMILES string of the molecule is CCC(C)N(CC(N)=O)C(=O)CN(C(=O)CN(CCCN)CC(=O)CN(C(=O)CN(C(=O)CN(CCCN)C(=O)CN(C(=O)CN(C(=O)CN(CCCN)C(=O)CN(C(=O)CN(C(=O)CNCCCN)C(C)CC)C(C)CC)C(C)CC)C(C)CC)C(C)CC)C(C)CC)C(C)CC. The van der Waals surface area contributed by atoms with Crippen molar-refractivity contribution in [1.29, 1.82) is 0 Å². The second-order valence-corrected chi connectivity index (χ2v) is 26.3. The second-order valence-electron chi connectivity index (χ2n) is 26.3. The number of hydrogen-bond acceptors (Lipinski definition) is 18. The molecule has 0 aliphatic rings. The zero-order valence-electron chi connectivity index (χ0n) is 63.2. The largest absolute Gasteiger partial charge is 0.368 e. The van der Waals surface area contributed by atoms with Gasteiger partial charge in [0.1, 0.15) is 39.3 Å². The first-order valence-electron chi connectivity index (χ1n) is 36.3. The van der Waals surface area contributed by atoms with E-state index in [1.54, 1.807) is 39.5 Å². The molecule has 566 valence electrons. The number of nitrogens with two attached hydrogens (primary N) is 5. The van der Waals surface area contributed by atoms with Crippen molar-refractivity contribution in [2.24, 2.45) is 28.7 Å². The molecular weight excluding hydrogens is 1260 g/mol. The number of ketones is 1. The van der Waals surface area contributed by atoms with Crippen molar-refractivity contribution in [3.05, 3.63) is 0 Å². The number of Topliss-reactive ketones (excluding diaryl/α,β-unsaturated/α-hetero) is 1. The maximum Gasteiger partial charge on any atom is 0.242 e. The number of carbonyl (C=O) groups is 12. The summed E-state index contributed by atoms with van der Waals surface area (Å²) in [7, 11) is 0. The molecule has 0 heterocycles. The highest BCUT2D eigenvalue weighted by atomic mass is 16.2. The molecule has 0 aromatic rings. The Labute approximate surface area is 587 Å². The fraction of sp³-hybridized carbons (Fsp3) is 0.826. The normalized spacial score (nSPS) is 13.8. The second kappa shape index (κ2) is 50.0. The molecule has 8 atom stereocenters. The Hall–Kier alpha value is -6.40. The summed E-state index contributed by atoms with van der Waals surface area (Å²) >= 11 is 0. The van der Waals surface area contributed by atoms with Gasteiger partial charge in [-0.05, 0) is 165 Å². The highest BCUT2D eigenvalue weighted by Crippen LogP contribution is 2.18.